The van der Waals surface area contributed by atoms with Crippen LogP contribution in [0.15, 0.2) is 40.1 Å². The van der Waals surface area contributed by atoms with E-state index in [-0.39, 0.29) is 6.54 Å². The topological polar surface area (TPSA) is 135 Å². The van der Waals surface area contributed by atoms with Gasteiger partial charge in [0.25, 0.3) is 5.56 Å². The maximum Gasteiger partial charge on any atom is 0.330 e. The van der Waals surface area contributed by atoms with E-state index >= 15 is 0 Å². The van der Waals surface area contributed by atoms with Gasteiger partial charge >= 0.3 is 5.69 Å². The average molecular weight is 393 g/mol. The van der Waals surface area contributed by atoms with Crippen molar-refractivity contribution in [2.75, 3.05) is 20.8 Å². The summed E-state index contributed by atoms with van der Waals surface area (Å²) in [5.74, 6) is 1.23. The van der Waals surface area contributed by atoms with Gasteiger partial charge in [-0.1, -0.05) is 6.07 Å². The number of benzene rings is 1. The minimum atomic E-state index is -1.31. The quantitative estimate of drug-likeness (QED) is 0.469. The van der Waals surface area contributed by atoms with Crippen LogP contribution in [0.2, 0.25) is 0 Å². The molecule has 1 aromatic heterocycles. The Balaban J connectivity index is 1.62. The van der Waals surface area contributed by atoms with Gasteiger partial charge in [-0.15, -0.1) is 0 Å². The average Bonchev–Trinajstić information content (AvgIpc) is 2.96. The molecule has 28 heavy (non-hydrogen) atoms. The van der Waals surface area contributed by atoms with Gasteiger partial charge in [-0.3, -0.25) is 14.3 Å². The first-order valence-corrected chi connectivity index (χ1v) is 8.69. The zero-order chi connectivity index (χ0) is 20.3. The number of aliphatic hydroxyl groups is 2. The molecule has 3 rings (SSSR count). The summed E-state index contributed by atoms with van der Waals surface area (Å²) in [6.07, 6.45) is -3.11. The number of nitrogens with one attached hydrogen (secondary N) is 2. The molecule has 2 aromatic rings. The van der Waals surface area contributed by atoms with Crippen LogP contribution in [0, 0.1) is 0 Å². The molecule has 4 N–H and O–H groups in total. The van der Waals surface area contributed by atoms with Crippen molar-refractivity contribution in [3.63, 3.8) is 0 Å². The second kappa shape index (κ2) is 8.57. The number of hydrogen-bond acceptors (Lipinski definition) is 8. The molecule has 1 aliphatic rings. The van der Waals surface area contributed by atoms with Crippen molar-refractivity contribution in [2.45, 2.75) is 31.1 Å². The van der Waals surface area contributed by atoms with Crippen LogP contribution in [0.4, 0.5) is 0 Å². The summed E-state index contributed by atoms with van der Waals surface area (Å²) >= 11 is 0. The summed E-state index contributed by atoms with van der Waals surface area (Å²) in [4.78, 5) is 25.2. The molecule has 0 saturated carbocycles. The van der Waals surface area contributed by atoms with Gasteiger partial charge < -0.3 is 29.7 Å². The van der Waals surface area contributed by atoms with Crippen LogP contribution in [0.5, 0.6) is 11.5 Å². The third-order valence-corrected chi connectivity index (χ3v) is 4.59. The fourth-order valence-electron chi connectivity index (χ4n) is 3.10. The lowest BCUT2D eigenvalue weighted by Crippen LogP contribution is -2.38. The highest BCUT2D eigenvalue weighted by Gasteiger charge is 2.43. The second-order valence-corrected chi connectivity index (χ2v) is 6.38. The van der Waals surface area contributed by atoms with Crippen molar-refractivity contribution >= 4 is 0 Å². The normalized spacial score (nSPS) is 24.3. The molecule has 152 valence electrons. The largest absolute Gasteiger partial charge is 0.493 e. The monoisotopic (exact) mass is 393 g/mol. The van der Waals surface area contributed by atoms with Gasteiger partial charge in [0, 0.05) is 25.4 Å². The van der Waals surface area contributed by atoms with Crippen LogP contribution in [0.25, 0.3) is 0 Å². The maximum absolute atomic E-state index is 11.9. The molecule has 4 atom stereocenters. The number of methoxy groups -OCH3 is 2. The molecule has 0 aliphatic carbocycles. The summed E-state index contributed by atoms with van der Waals surface area (Å²) < 4.78 is 17.2. The minimum absolute atomic E-state index is 0.237. The highest BCUT2D eigenvalue weighted by Crippen LogP contribution is 2.29. The molecule has 1 fully saturated rings. The standard InChI is InChI=1S/C18H23N3O7/c1-26-11-4-3-10(7-12(11)27-2)8-19-9-13-15(23)16(24)17(28-13)21-6-5-14(22)20-18(21)25/h3-7,13,15-17,19,23-24H,8-9H2,1-2H3,(H,20,22,25)/t13-,15-,16-,17-/m1/s1. The van der Waals surface area contributed by atoms with Gasteiger partial charge in [0.1, 0.15) is 18.3 Å². The number of H-pyrrole nitrogens is 1. The fourth-order valence-corrected chi connectivity index (χ4v) is 3.10. The summed E-state index contributed by atoms with van der Waals surface area (Å²) in [6.45, 7) is 0.702. The molecule has 1 saturated heterocycles. The smallest absolute Gasteiger partial charge is 0.330 e. The first-order chi connectivity index (χ1) is 13.4. The third kappa shape index (κ3) is 4.09. The highest BCUT2D eigenvalue weighted by atomic mass is 16.6. The highest BCUT2D eigenvalue weighted by molar-refractivity contribution is 5.42. The van der Waals surface area contributed by atoms with E-state index in [4.69, 9.17) is 14.2 Å². The molecule has 0 bridgehead atoms. The number of rotatable bonds is 7. The van der Waals surface area contributed by atoms with Crippen molar-refractivity contribution in [1.29, 1.82) is 0 Å². The molecule has 10 heteroatoms. The van der Waals surface area contributed by atoms with Crippen LogP contribution in [0.3, 0.4) is 0 Å². The Kier molecular flexibility index (Phi) is 6.15. The van der Waals surface area contributed by atoms with E-state index in [1.54, 1.807) is 20.3 Å². The van der Waals surface area contributed by atoms with Gasteiger partial charge in [0.2, 0.25) is 0 Å². The van der Waals surface area contributed by atoms with Crippen LogP contribution < -0.4 is 26.0 Å². The van der Waals surface area contributed by atoms with Gasteiger partial charge in [0.05, 0.1) is 14.2 Å². The van der Waals surface area contributed by atoms with E-state index in [9.17, 15) is 19.8 Å². The first-order valence-electron chi connectivity index (χ1n) is 8.69. The lowest BCUT2D eigenvalue weighted by atomic mass is 10.1. The second-order valence-electron chi connectivity index (χ2n) is 6.38. The van der Waals surface area contributed by atoms with E-state index < -0.39 is 35.8 Å². The predicted octanol–water partition coefficient (Wildman–Crippen LogP) is -1.04. The number of aliphatic hydroxyl groups excluding tert-OH is 2. The molecule has 0 amide bonds. The van der Waals surface area contributed by atoms with Crippen LogP contribution in [0.1, 0.15) is 11.8 Å². The minimum Gasteiger partial charge on any atom is -0.493 e. The van der Waals surface area contributed by atoms with Gasteiger partial charge in [-0.2, -0.15) is 0 Å². The van der Waals surface area contributed by atoms with Crippen molar-refractivity contribution in [3.8, 4) is 11.5 Å². The Bertz CT molecular complexity index is 926. The maximum atomic E-state index is 11.9. The molecular formula is C18H23N3O7. The number of ether oxygens (including phenoxy) is 3. The van der Waals surface area contributed by atoms with E-state index in [1.165, 1.54) is 6.20 Å². The predicted molar refractivity (Wildman–Crippen MR) is 98.5 cm³/mol. The fraction of sp³-hybridized carbons (Fsp3) is 0.444. The first kappa shape index (κ1) is 20.1. The Morgan fingerprint density at radius 2 is 1.89 bits per heavy atom. The van der Waals surface area contributed by atoms with Crippen LogP contribution >= 0.6 is 0 Å². The molecule has 10 nitrogen and oxygen atoms in total. The third-order valence-electron chi connectivity index (χ3n) is 4.59. The van der Waals surface area contributed by atoms with Gasteiger partial charge in [-0.25, -0.2) is 4.79 Å². The molecule has 1 aromatic carbocycles. The van der Waals surface area contributed by atoms with Crippen molar-refractivity contribution < 1.29 is 24.4 Å². The SMILES string of the molecule is COc1ccc(CNC[C@H]2O[C@@H](n3ccc(=O)[nH]c3=O)[C@H](O)[C@@H]2O)cc1OC. The molecule has 0 spiro atoms. The van der Waals surface area contributed by atoms with E-state index in [2.05, 4.69) is 10.3 Å². The molecule has 1 aliphatic heterocycles. The van der Waals surface area contributed by atoms with E-state index in [0.29, 0.717) is 18.0 Å². The number of aromatic nitrogens is 2. The van der Waals surface area contributed by atoms with E-state index in [1.807, 2.05) is 12.1 Å². The number of aromatic amines is 1. The number of hydrogen-bond donors (Lipinski definition) is 4. The molecule has 0 unspecified atom stereocenters. The summed E-state index contributed by atoms with van der Waals surface area (Å²) in [5, 5.41) is 23.6. The summed E-state index contributed by atoms with van der Waals surface area (Å²) in [7, 11) is 3.11. The van der Waals surface area contributed by atoms with Crippen molar-refractivity contribution in [2.24, 2.45) is 0 Å². The Hall–Kier alpha value is -2.66. The number of nitrogens with zero attached hydrogens (tertiary/aromatic N) is 1. The van der Waals surface area contributed by atoms with Gasteiger partial charge in [-0.05, 0) is 17.7 Å². The van der Waals surface area contributed by atoms with Crippen molar-refractivity contribution in [3.05, 3.63) is 56.9 Å². The Morgan fingerprint density at radius 1 is 1.14 bits per heavy atom. The Morgan fingerprint density at radius 3 is 2.57 bits per heavy atom. The zero-order valence-electron chi connectivity index (χ0n) is 15.5. The lowest BCUT2D eigenvalue weighted by Gasteiger charge is -2.17. The zero-order valence-corrected chi connectivity index (χ0v) is 15.5. The lowest BCUT2D eigenvalue weighted by molar-refractivity contribution is -0.0392. The van der Waals surface area contributed by atoms with Crippen molar-refractivity contribution in [1.82, 2.24) is 14.9 Å². The Labute approximate surface area is 160 Å². The summed E-state index contributed by atoms with van der Waals surface area (Å²) in [5.41, 5.74) is -0.343. The molecular weight excluding hydrogens is 370 g/mol. The van der Waals surface area contributed by atoms with E-state index in [0.717, 1.165) is 16.2 Å². The molecule has 0 radical (unpaired) electrons. The summed E-state index contributed by atoms with van der Waals surface area (Å²) in [6, 6.07) is 6.64. The van der Waals surface area contributed by atoms with Gasteiger partial charge in [0.15, 0.2) is 17.7 Å². The van der Waals surface area contributed by atoms with Crippen LogP contribution in [-0.2, 0) is 11.3 Å². The molecule has 2 heterocycles. The van der Waals surface area contributed by atoms with Crippen LogP contribution in [-0.4, -0.2) is 58.8 Å².